The molecule has 0 fully saturated rings. The van der Waals surface area contributed by atoms with Gasteiger partial charge in [0.15, 0.2) is 0 Å². The number of carbonyl (C=O) groups is 2. The minimum Gasteiger partial charge on any atom is -0.505 e. The quantitative estimate of drug-likeness (QED) is 0.443. The second-order valence-electron chi connectivity index (χ2n) is 5.02. The normalized spacial score (nSPS) is 10.1. The molecule has 1 amide bonds. The van der Waals surface area contributed by atoms with Crippen molar-refractivity contribution in [2.75, 3.05) is 12.3 Å². The van der Waals surface area contributed by atoms with Crippen molar-refractivity contribution < 1.29 is 19.4 Å². The Kier molecular flexibility index (Phi) is 5.19. The van der Waals surface area contributed by atoms with Gasteiger partial charge in [-0.1, -0.05) is 36.4 Å². The van der Waals surface area contributed by atoms with Crippen LogP contribution < -0.4 is 11.1 Å². The van der Waals surface area contributed by atoms with Crippen molar-refractivity contribution in [3.63, 3.8) is 0 Å². The number of nitrogen functional groups attached to an aromatic ring is 1. The van der Waals surface area contributed by atoms with Crippen LogP contribution in [0.5, 0.6) is 5.75 Å². The van der Waals surface area contributed by atoms with Crippen molar-refractivity contribution in [1.82, 2.24) is 5.32 Å². The van der Waals surface area contributed by atoms with Crippen LogP contribution >= 0.6 is 0 Å². The number of nitrogens with two attached hydrogens (primary N) is 1. The molecule has 2 rings (SSSR count). The van der Waals surface area contributed by atoms with Gasteiger partial charge in [0.25, 0.3) is 5.91 Å². The first-order chi connectivity index (χ1) is 11.0. The smallest absolute Gasteiger partial charge is 0.325 e. The number of hydrogen-bond acceptors (Lipinski definition) is 5. The van der Waals surface area contributed by atoms with Gasteiger partial charge in [0.05, 0.1) is 11.3 Å². The zero-order valence-electron chi connectivity index (χ0n) is 12.7. The molecule has 6 heteroatoms. The van der Waals surface area contributed by atoms with Crippen LogP contribution in [-0.2, 0) is 16.1 Å². The summed E-state index contributed by atoms with van der Waals surface area (Å²) in [7, 11) is 0. The van der Waals surface area contributed by atoms with Crippen molar-refractivity contribution in [2.24, 2.45) is 0 Å². The van der Waals surface area contributed by atoms with Gasteiger partial charge >= 0.3 is 5.97 Å². The Morgan fingerprint density at radius 2 is 1.87 bits per heavy atom. The van der Waals surface area contributed by atoms with Gasteiger partial charge in [0, 0.05) is 0 Å². The first kappa shape index (κ1) is 16.4. The number of nitrogens with one attached hydrogen (secondary N) is 1. The lowest BCUT2D eigenvalue weighted by atomic mass is 10.1. The number of phenols is 1. The molecule has 0 spiro atoms. The molecule has 23 heavy (non-hydrogen) atoms. The molecule has 0 bridgehead atoms. The van der Waals surface area contributed by atoms with E-state index >= 15 is 0 Å². The van der Waals surface area contributed by atoms with E-state index in [9.17, 15) is 14.7 Å². The van der Waals surface area contributed by atoms with E-state index in [1.807, 2.05) is 30.3 Å². The molecule has 0 saturated heterocycles. The number of hydrogen-bond donors (Lipinski definition) is 3. The molecule has 120 valence electrons. The molecule has 2 aromatic rings. The van der Waals surface area contributed by atoms with Gasteiger partial charge in [0.1, 0.15) is 18.9 Å². The number of ether oxygens (including phenoxy) is 1. The number of aryl methyl sites for hydroxylation is 1. The lowest BCUT2D eigenvalue weighted by Crippen LogP contribution is -2.31. The van der Waals surface area contributed by atoms with Crippen molar-refractivity contribution in [1.29, 1.82) is 0 Å². The van der Waals surface area contributed by atoms with Crippen LogP contribution in [0, 0.1) is 6.92 Å². The van der Waals surface area contributed by atoms with E-state index in [-0.39, 0.29) is 30.2 Å². The second kappa shape index (κ2) is 7.31. The SMILES string of the molecule is Cc1ccc(C(=O)NCC(=O)OCc2ccccc2)c(N)c1O. The summed E-state index contributed by atoms with van der Waals surface area (Å²) in [4.78, 5) is 23.6. The number of phenolic OH excluding ortho intramolecular Hbond substituents is 1. The van der Waals surface area contributed by atoms with Crippen LogP contribution in [0.2, 0.25) is 0 Å². The Balaban J connectivity index is 1.87. The summed E-state index contributed by atoms with van der Waals surface area (Å²) < 4.78 is 5.05. The fourth-order valence-corrected chi connectivity index (χ4v) is 1.95. The van der Waals surface area contributed by atoms with Crippen molar-refractivity contribution in [3.05, 3.63) is 59.2 Å². The van der Waals surface area contributed by atoms with E-state index in [0.29, 0.717) is 5.56 Å². The maximum atomic E-state index is 12.0. The van der Waals surface area contributed by atoms with Gasteiger partial charge in [-0.15, -0.1) is 0 Å². The lowest BCUT2D eigenvalue weighted by molar-refractivity contribution is -0.143. The van der Waals surface area contributed by atoms with Gasteiger partial charge in [0.2, 0.25) is 0 Å². The van der Waals surface area contributed by atoms with Gasteiger partial charge in [-0.05, 0) is 24.1 Å². The highest BCUT2D eigenvalue weighted by Gasteiger charge is 2.15. The van der Waals surface area contributed by atoms with Crippen molar-refractivity contribution >= 4 is 17.6 Å². The number of aromatic hydroxyl groups is 1. The number of carbonyl (C=O) groups excluding carboxylic acids is 2. The molecule has 0 aromatic heterocycles. The standard InChI is InChI=1S/C17H18N2O4/c1-11-7-8-13(15(18)16(11)21)17(22)19-9-14(20)23-10-12-5-3-2-4-6-12/h2-8,21H,9-10,18H2,1H3,(H,19,22). The number of anilines is 1. The molecule has 0 radical (unpaired) electrons. The van der Waals surface area contributed by atoms with Gasteiger partial charge in [-0.25, -0.2) is 0 Å². The molecule has 0 saturated carbocycles. The first-order valence-electron chi connectivity index (χ1n) is 7.05. The zero-order chi connectivity index (χ0) is 16.8. The Hall–Kier alpha value is -3.02. The van der Waals surface area contributed by atoms with Gasteiger partial charge in [-0.2, -0.15) is 0 Å². The van der Waals surface area contributed by atoms with Gasteiger partial charge < -0.3 is 20.9 Å². The zero-order valence-corrected chi connectivity index (χ0v) is 12.7. The summed E-state index contributed by atoms with van der Waals surface area (Å²) in [6, 6.07) is 12.3. The minimum absolute atomic E-state index is 0.0137. The Morgan fingerprint density at radius 3 is 2.57 bits per heavy atom. The summed E-state index contributed by atoms with van der Waals surface area (Å²) in [5, 5.41) is 12.1. The molecule has 2 aromatic carbocycles. The van der Waals surface area contributed by atoms with Crippen LogP contribution in [0.1, 0.15) is 21.5 Å². The average Bonchev–Trinajstić information content (AvgIpc) is 2.57. The van der Waals surface area contributed by atoms with Crippen LogP contribution in [0.3, 0.4) is 0 Å². The Morgan fingerprint density at radius 1 is 1.17 bits per heavy atom. The van der Waals surface area contributed by atoms with E-state index in [0.717, 1.165) is 5.56 Å². The third-order valence-corrected chi connectivity index (χ3v) is 3.30. The Labute approximate surface area is 133 Å². The average molecular weight is 314 g/mol. The largest absolute Gasteiger partial charge is 0.505 e. The Bertz CT molecular complexity index is 714. The molecule has 4 N–H and O–H groups in total. The van der Waals surface area contributed by atoms with Crippen LogP contribution in [0.15, 0.2) is 42.5 Å². The van der Waals surface area contributed by atoms with E-state index in [2.05, 4.69) is 5.32 Å². The molecule has 0 aliphatic heterocycles. The summed E-state index contributed by atoms with van der Waals surface area (Å²) in [6.07, 6.45) is 0. The predicted molar refractivity (Wildman–Crippen MR) is 85.8 cm³/mol. The topological polar surface area (TPSA) is 102 Å². The van der Waals surface area contributed by atoms with Crippen molar-refractivity contribution in [2.45, 2.75) is 13.5 Å². The first-order valence-corrected chi connectivity index (χ1v) is 7.05. The molecule has 0 unspecified atom stereocenters. The lowest BCUT2D eigenvalue weighted by Gasteiger charge is -2.10. The molecule has 0 aliphatic carbocycles. The second-order valence-corrected chi connectivity index (χ2v) is 5.02. The molecular weight excluding hydrogens is 296 g/mol. The summed E-state index contributed by atoms with van der Waals surface area (Å²) >= 11 is 0. The van der Waals surface area contributed by atoms with E-state index < -0.39 is 11.9 Å². The maximum absolute atomic E-state index is 12.0. The molecule has 0 atom stereocenters. The van der Waals surface area contributed by atoms with Crippen LogP contribution in [0.4, 0.5) is 5.69 Å². The van der Waals surface area contributed by atoms with Crippen LogP contribution in [-0.4, -0.2) is 23.5 Å². The third kappa shape index (κ3) is 4.23. The van der Waals surface area contributed by atoms with Gasteiger partial charge in [-0.3, -0.25) is 9.59 Å². The maximum Gasteiger partial charge on any atom is 0.325 e. The third-order valence-electron chi connectivity index (χ3n) is 3.30. The van der Waals surface area contributed by atoms with E-state index in [1.54, 1.807) is 13.0 Å². The highest BCUT2D eigenvalue weighted by Crippen LogP contribution is 2.27. The van der Waals surface area contributed by atoms with Crippen molar-refractivity contribution in [3.8, 4) is 5.75 Å². The fraction of sp³-hybridized carbons (Fsp3) is 0.176. The summed E-state index contributed by atoms with van der Waals surface area (Å²) in [5.41, 5.74) is 7.23. The van der Waals surface area contributed by atoms with E-state index in [1.165, 1.54) is 6.07 Å². The van der Waals surface area contributed by atoms with E-state index in [4.69, 9.17) is 10.5 Å². The monoisotopic (exact) mass is 314 g/mol. The summed E-state index contributed by atoms with van der Waals surface area (Å²) in [5.74, 6) is -1.24. The number of esters is 1. The highest BCUT2D eigenvalue weighted by atomic mass is 16.5. The minimum atomic E-state index is -0.558. The number of amides is 1. The number of benzene rings is 2. The molecule has 0 aliphatic rings. The highest BCUT2D eigenvalue weighted by molar-refractivity contribution is 6.01. The molecule has 6 nitrogen and oxygen atoms in total. The molecular formula is C17H18N2O4. The van der Waals surface area contributed by atoms with Crippen LogP contribution in [0.25, 0.3) is 0 Å². The fourth-order valence-electron chi connectivity index (χ4n) is 1.95. The molecule has 0 heterocycles. The predicted octanol–water partition coefficient (Wildman–Crippen LogP) is 1.76. The summed E-state index contributed by atoms with van der Waals surface area (Å²) in [6.45, 7) is 1.54. The number of rotatable bonds is 5.